The number of ether oxygens (including phenoxy) is 1. The fourth-order valence-corrected chi connectivity index (χ4v) is 9.98. The molecule has 0 amide bonds. The number of rotatable bonds is 6. The van der Waals surface area contributed by atoms with E-state index in [9.17, 15) is 4.79 Å². The van der Waals surface area contributed by atoms with Crippen LogP contribution in [0.1, 0.15) is 106 Å². The standard InChI is InChI=1S/C29H49BrO2/c1-7-20(18(2)3)9-8-19(4)23-10-11-24-22-17-32-27(31)26-16-21(30)12-14-29(26,6)25(22)13-15-28(23,24)5/h18-26H,7-17H2,1-6H3/t19-,20-,21+,22+,23-,24+,25+,26-,28-,29-/m1/s1. The molecule has 0 spiro atoms. The van der Waals surface area contributed by atoms with Gasteiger partial charge in [-0.2, -0.15) is 0 Å². The SMILES string of the molecule is CC[C@H](CC[C@@H](C)[C@H]1CC[C@H]2[C@@H]3COC(=O)[C@H]4C[C@@H](Br)CC[C@]4(C)[C@H]3CC[C@]12C)C(C)C. The molecule has 3 saturated carbocycles. The molecule has 1 saturated heterocycles. The molecule has 1 aliphatic heterocycles. The topological polar surface area (TPSA) is 26.3 Å². The van der Waals surface area contributed by atoms with Crippen LogP contribution in [0.2, 0.25) is 0 Å². The van der Waals surface area contributed by atoms with Gasteiger partial charge >= 0.3 is 5.97 Å². The highest BCUT2D eigenvalue weighted by atomic mass is 79.9. The Labute approximate surface area is 206 Å². The second kappa shape index (κ2) is 9.54. The van der Waals surface area contributed by atoms with Crippen molar-refractivity contribution in [2.45, 2.75) is 111 Å². The zero-order valence-electron chi connectivity index (χ0n) is 21.7. The van der Waals surface area contributed by atoms with Gasteiger partial charge in [-0.1, -0.05) is 70.3 Å². The molecule has 4 fully saturated rings. The number of alkyl halides is 1. The number of hydrogen-bond acceptors (Lipinski definition) is 2. The summed E-state index contributed by atoms with van der Waals surface area (Å²) in [6, 6.07) is 0. The largest absolute Gasteiger partial charge is 0.465 e. The summed E-state index contributed by atoms with van der Waals surface area (Å²) in [4.78, 5) is 13.6. The van der Waals surface area contributed by atoms with E-state index in [4.69, 9.17) is 4.74 Å². The van der Waals surface area contributed by atoms with Crippen molar-refractivity contribution >= 4 is 21.9 Å². The molecule has 10 atom stereocenters. The summed E-state index contributed by atoms with van der Waals surface area (Å²) in [7, 11) is 0. The molecule has 0 unspecified atom stereocenters. The molecular formula is C29H49BrO2. The number of hydrogen-bond donors (Lipinski definition) is 0. The van der Waals surface area contributed by atoms with Crippen molar-refractivity contribution in [2.75, 3.05) is 6.61 Å². The Kier molecular flexibility index (Phi) is 7.47. The summed E-state index contributed by atoms with van der Waals surface area (Å²) in [6.07, 6.45) is 12.9. The highest BCUT2D eigenvalue weighted by Crippen LogP contribution is 2.66. The summed E-state index contributed by atoms with van der Waals surface area (Å²) in [5.74, 6) is 5.53. The third-order valence-electron chi connectivity index (χ3n) is 11.5. The lowest BCUT2D eigenvalue weighted by atomic mass is 9.49. The van der Waals surface area contributed by atoms with Crippen LogP contribution in [0.5, 0.6) is 0 Å². The van der Waals surface area contributed by atoms with E-state index in [1.54, 1.807) is 0 Å². The molecule has 0 N–H and O–H groups in total. The van der Waals surface area contributed by atoms with Gasteiger partial charge in [0.1, 0.15) is 0 Å². The number of esters is 1. The lowest BCUT2D eigenvalue weighted by Crippen LogP contribution is -2.51. The van der Waals surface area contributed by atoms with E-state index in [1.807, 2.05) is 0 Å². The minimum Gasteiger partial charge on any atom is -0.465 e. The van der Waals surface area contributed by atoms with E-state index in [2.05, 4.69) is 57.5 Å². The van der Waals surface area contributed by atoms with Crippen LogP contribution < -0.4 is 0 Å². The molecule has 3 aliphatic carbocycles. The number of fused-ring (bicyclic) bond motifs is 5. The van der Waals surface area contributed by atoms with Gasteiger partial charge in [-0.25, -0.2) is 0 Å². The summed E-state index contributed by atoms with van der Waals surface area (Å²) in [6.45, 7) is 15.5. The van der Waals surface area contributed by atoms with Gasteiger partial charge < -0.3 is 4.74 Å². The van der Waals surface area contributed by atoms with Gasteiger partial charge in [0, 0.05) is 4.83 Å². The van der Waals surface area contributed by atoms with E-state index in [-0.39, 0.29) is 17.3 Å². The van der Waals surface area contributed by atoms with Crippen LogP contribution in [0.3, 0.4) is 0 Å². The van der Waals surface area contributed by atoms with Crippen LogP contribution in [-0.4, -0.2) is 17.4 Å². The van der Waals surface area contributed by atoms with Gasteiger partial charge in [0.2, 0.25) is 0 Å². The van der Waals surface area contributed by atoms with Crippen molar-refractivity contribution in [3.63, 3.8) is 0 Å². The summed E-state index contributed by atoms with van der Waals surface area (Å²) >= 11 is 3.82. The predicted octanol–water partition coefficient (Wildman–Crippen LogP) is 8.27. The second-order valence-electron chi connectivity index (χ2n) is 13.1. The van der Waals surface area contributed by atoms with E-state index in [0.717, 1.165) is 36.0 Å². The quantitative estimate of drug-likeness (QED) is 0.266. The van der Waals surface area contributed by atoms with Gasteiger partial charge in [0.05, 0.1) is 12.5 Å². The van der Waals surface area contributed by atoms with Crippen LogP contribution in [-0.2, 0) is 9.53 Å². The average Bonchev–Trinajstić information content (AvgIpc) is 3.05. The molecular weight excluding hydrogens is 460 g/mol. The molecule has 0 aromatic carbocycles. The first-order chi connectivity index (χ1) is 15.1. The number of carbonyl (C=O) groups is 1. The first kappa shape index (κ1) is 25.1. The fourth-order valence-electron chi connectivity index (χ4n) is 9.37. The first-order valence-electron chi connectivity index (χ1n) is 13.9. The molecule has 32 heavy (non-hydrogen) atoms. The van der Waals surface area contributed by atoms with Crippen LogP contribution in [0, 0.1) is 58.2 Å². The maximum absolute atomic E-state index is 13.1. The van der Waals surface area contributed by atoms with Crippen LogP contribution in [0.15, 0.2) is 0 Å². The van der Waals surface area contributed by atoms with E-state index < -0.39 is 0 Å². The van der Waals surface area contributed by atoms with Gasteiger partial charge in [-0.3, -0.25) is 4.79 Å². The second-order valence-corrected chi connectivity index (χ2v) is 14.4. The van der Waals surface area contributed by atoms with Gasteiger partial charge in [-0.15, -0.1) is 0 Å². The van der Waals surface area contributed by atoms with Gasteiger partial charge in [0.15, 0.2) is 0 Å². The normalized spacial score (nSPS) is 45.9. The van der Waals surface area contributed by atoms with Crippen molar-refractivity contribution in [1.82, 2.24) is 0 Å². The molecule has 0 radical (unpaired) electrons. The lowest BCUT2D eigenvalue weighted by Gasteiger charge is -2.55. The maximum atomic E-state index is 13.1. The van der Waals surface area contributed by atoms with Crippen molar-refractivity contribution in [2.24, 2.45) is 58.2 Å². The molecule has 184 valence electrons. The van der Waals surface area contributed by atoms with E-state index in [0.29, 0.717) is 28.7 Å². The Morgan fingerprint density at radius 3 is 2.38 bits per heavy atom. The van der Waals surface area contributed by atoms with Crippen LogP contribution in [0.25, 0.3) is 0 Å². The van der Waals surface area contributed by atoms with E-state index >= 15 is 0 Å². The van der Waals surface area contributed by atoms with Crippen LogP contribution >= 0.6 is 15.9 Å². The minimum absolute atomic E-state index is 0.0955. The van der Waals surface area contributed by atoms with Crippen molar-refractivity contribution in [1.29, 1.82) is 0 Å². The summed E-state index contributed by atoms with van der Waals surface area (Å²) in [5.41, 5.74) is 0.578. The third kappa shape index (κ3) is 4.24. The zero-order chi connectivity index (χ0) is 23.3. The molecule has 2 nitrogen and oxygen atoms in total. The first-order valence-corrected chi connectivity index (χ1v) is 14.8. The van der Waals surface area contributed by atoms with Crippen LogP contribution in [0.4, 0.5) is 0 Å². The third-order valence-corrected chi connectivity index (χ3v) is 12.3. The highest BCUT2D eigenvalue weighted by Gasteiger charge is 2.61. The molecule has 1 heterocycles. The summed E-state index contributed by atoms with van der Waals surface area (Å²) in [5, 5.41) is 0. The Balaban J connectivity index is 1.51. The molecule has 0 aromatic heterocycles. The minimum atomic E-state index is 0.0955. The van der Waals surface area contributed by atoms with Crippen molar-refractivity contribution in [3.8, 4) is 0 Å². The van der Waals surface area contributed by atoms with E-state index in [1.165, 1.54) is 57.8 Å². The molecule has 4 aliphatic rings. The predicted molar refractivity (Wildman–Crippen MR) is 137 cm³/mol. The highest BCUT2D eigenvalue weighted by molar-refractivity contribution is 9.09. The Morgan fingerprint density at radius 2 is 1.69 bits per heavy atom. The number of halogens is 1. The lowest BCUT2D eigenvalue weighted by molar-refractivity contribution is -0.152. The van der Waals surface area contributed by atoms with Crippen molar-refractivity contribution < 1.29 is 9.53 Å². The smallest absolute Gasteiger partial charge is 0.309 e. The number of cyclic esters (lactones) is 1. The van der Waals surface area contributed by atoms with Gasteiger partial charge in [-0.05, 0) is 104 Å². The maximum Gasteiger partial charge on any atom is 0.309 e. The zero-order valence-corrected chi connectivity index (χ0v) is 23.3. The average molecular weight is 510 g/mol. The Bertz CT molecular complexity index is 676. The monoisotopic (exact) mass is 508 g/mol. The molecule has 4 rings (SSSR count). The molecule has 3 heteroatoms. The van der Waals surface area contributed by atoms with Gasteiger partial charge in [0.25, 0.3) is 0 Å². The molecule has 0 bridgehead atoms. The Hall–Kier alpha value is -0.0500. The number of carbonyl (C=O) groups excluding carboxylic acids is 1. The fraction of sp³-hybridized carbons (Fsp3) is 0.966. The Morgan fingerprint density at radius 1 is 1.00 bits per heavy atom. The molecule has 0 aromatic rings. The van der Waals surface area contributed by atoms with Crippen molar-refractivity contribution in [3.05, 3.63) is 0 Å². The summed E-state index contributed by atoms with van der Waals surface area (Å²) < 4.78 is 6.06.